The molecule has 0 fully saturated rings. The second kappa shape index (κ2) is 3.23. The van der Waals surface area contributed by atoms with E-state index in [2.05, 4.69) is 54.1 Å². The topological polar surface area (TPSA) is 3.88 Å². The summed E-state index contributed by atoms with van der Waals surface area (Å²) in [7, 11) is 0. The van der Waals surface area contributed by atoms with E-state index in [1.807, 2.05) is 11.8 Å². The molecule has 1 nitrogen and oxygen atoms in total. The average Bonchev–Trinajstić information content (AvgIpc) is 2.38. The van der Waals surface area contributed by atoms with Crippen LogP contribution in [-0.4, -0.2) is 0 Å². The molecule has 82 valence electrons. The van der Waals surface area contributed by atoms with E-state index in [0.29, 0.717) is 0 Å². The van der Waals surface area contributed by atoms with Crippen molar-refractivity contribution in [2.75, 3.05) is 0 Å². The maximum Gasteiger partial charge on any atom is 0.222 e. The monoisotopic (exact) mass is 238 g/mol. The maximum absolute atomic E-state index is 2.36. The minimum Gasteiger partial charge on any atom is -0.188 e. The van der Waals surface area contributed by atoms with E-state index in [9.17, 15) is 0 Å². The van der Waals surface area contributed by atoms with Gasteiger partial charge in [-0.2, -0.15) is 4.57 Å². The van der Waals surface area contributed by atoms with Crippen molar-refractivity contribution < 1.29 is 4.57 Å². The van der Waals surface area contributed by atoms with Gasteiger partial charge in [-0.25, -0.2) is 0 Å². The molecule has 0 unspecified atom stereocenters. The van der Waals surface area contributed by atoms with Gasteiger partial charge < -0.3 is 0 Å². The zero-order valence-electron chi connectivity index (χ0n) is 9.60. The summed E-state index contributed by atoms with van der Waals surface area (Å²) in [6.45, 7) is 2.21. The first-order valence-electron chi connectivity index (χ1n) is 5.82. The van der Waals surface area contributed by atoms with Gasteiger partial charge in [0.05, 0.1) is 5.39 Å². The van der Waals surface area contributed by atoms with Crippen LogP contribution in [0.15, 0.2) is 47.5 Å². The van der Waals surface area contributed by atoms with Gasteiger partial charge in [-0.15, -0.1) is 0 Å². The number of aromatic nitrogens is 1. The van der Waals surface area contributed by atoms with Gasteiger partial charge in [0.1, 0.15) is 0 Å². The molecule has 17 heavy (non-hydrogen) atoms. The summed E-state index contributed by atoms with van der Waals surface area (Å²) in [5, 5.41) is 4.12. The number of aryl methyl sites for hydroxylation is 1. The van der Waals surface area contributed by atoms with Gasteiger partial charge in [-0.1, -0.05) is 30.0 Å². The summed E-state index contributed by atoms with van der Waals surface area (Å²) in [6.07, 6.45) is 2.18. The zero-order valence-corrected chi connectivity index (χ0v) is 10.4. The summed E-state index contributed by atoms with van der Waals surface area (Å²) in [5.41, 5.74) is 2.78. The van der Waals surface area contributed by atoms with Crippen LogP contribution >= 0.6 is 11.8 Å². The molecule has 0 atom stereocenters. The van der Waals surface area contributed by atoms with E-state index in [-0.39, 0.29) is 0 Å². The average molecular weight is 238 g/mol. The van der Waals surface area contributed by atoms with Gasteiger partial charge in [0.2, 0.25) is 5.52 Å². The largest absolute Gasteiger partial charge is 0.222 e. The van der Waals surface area contributed by atoms with E-state index < -0.39 is 0 Å². The summed E-state index contributed by atoms with van der Waals surface area (Å²) >= 11 is 1.94. The predicted molar refractivity (Wildman–Crippen MR) is 72.2 cm³/mol. The minimum atomic E-state index is 1.02. The van der Waals surface area contributed by atoms with Gasteiger partial charge in [-0.3, -0.25) is 0 Å². The molecule has 1 aromatic heterocycles. The first-order chi connectivity index (χ1) is 8.34. The van der Waals surface area contributed by atoms with Gasteiger partial charge in [0.25, 0.3) is 0 Å². The highest BCUT2D eigenvalue weighted by atomic mass is 32.2. The molecule has 0 spiro atoms. The van der Waals surface area contributed by atoms with Gasteiger partial charge >= 0.3 is 0 Å². The third kappa shape index (κ3) is 1.19. The van der Waals surface area contributed by atoms with Gasteiger partial charge in [0.15, 0.2) is 12.1 Å². The van der Waals surface area contributed by atoms with Crippen molar-refractivity contribution in [2.45, 2.75) is 17.7 Å². The van der Waals surface area contributed by atoms with Crippen LogP contribution in [0.3, 0.4) is 0 Å². The Morgan fingerprint density at radius 2 is 1.88 bits per heavy atom. The Hall–Kier alpha value is -1.54. The lowest BCUT2D eigenvalue weighted by atomic mass is 10.0. The van der Waals surface area contributed by atoms with Crippen molar-refractivity contribution >= 4 is 33.4 Å². The van der Waals surface area contributed by atoms with Crippen LogP contribution in [0.2, 0.25) is 0 Å². The molecule has 0 N–H and O–H groups in total. The van der Waals surface area contributed by atoms with Crippen molar-refractivity contribution in [3.05, 3.63) is 48.2 Å². The highest BCUT2D eigenvalue weighted by molar-refractivity contribution is 7.98. The molecular formula is C15H12NS+. The Morgan fingerprint density at radius 3 is 2.82 bits per heavy atom. The fourth-order valence-electron chi connectivity index (χ4n) is 2.68. The normalized spacial score (nSPS) is 13.7. The van der Waals surface area contributed by atoms with Crippen LogP contribution in [0.5, 0.6) is 0 Å². The highest BCUT2D eigenvalue weighted by Crippen LogP contribution is 2.37. The van der Waals surface area contributed by atoms with Crippen LogP contribution in [0.25, 0.3) is 21.7 Å². The van der Waals surface area contributed by atoms with Crippen molar-refractivity contribution in [2.24, 2.45) is 0 Å². The SMILES string of the molecule is Cc1ccc2ccc3ccc[n+]4c3c2c1SC4. The van der Waals surface area contributed by atoms with E-state index >= 15 is 0 Å². The third-order valence-electron chi connectivity index (χ3n) is 3.52. The second-order valence-electron chi connectivity index (χ2n) is 4.56. The second-order valence-corrected chi connectivity index (χ2v) is 5.52. The summed E-state index contributed by atoms with van der Waals surface area (Å²) in [5.74, 6) is 1.02. The molecule has 1 aliphatic rings. The summed E-state index contributed by atoms with van der Waals surface area (Å²) in [6, 6.07) is 13.3. The maximum atomic E-state index is 2.36. The number of pyridine rings is 1. The molecule has 0 radical (unpaired) electrons. The Labute approximate surface area is 104 Å². The van der Waals surface area contributed by atoms with Crippen molar-refractivity contribution in [1.82, 2.24) is 0 Å². The molecule has 2 heteroatoms. The van der Waals surface area contributed by atoms with Crippen LogP contribution in [0, 0.1) is 6.92 Å². The molecule has 2 aromatic carbocycles. The first kappa shape index (κ1) is 9.49. The lowest BCUT2D eigenvalue weighted by Gasteiger charge is -2.14. The Kier molecular flexibility index (Phi) is 1.80. The smallest absolute Gasteiger partial charge is 0.188 e. The van der Waals surface area contributed by atoms with Crippen molar-refractivity contribution in [1.29, 1.82) is 0 Å². The molecule has 1 aliphatic heterocycles. The quantitative estimate of drug-likeness (QED) is 0.427. The molecular weight excluding hydrogens is 226 g/mol. The van der Waals surface area contributed by atoms with E-state index in [1.54, 1.807) is 0 Å². The molecule has 4 rings (SSSR count). The summed E-state index contributed by atoms with van der Waals surface area (Å²) < 4.78 is 2.36. The molecule has 3 aromatic rings. The van der Waals surface area contributed by atoms with Crippen LogP contribution in [-0.2, 0) is 5.88 Å². The lowest BCUT2D eigenvalue weighted by Crippen LogP contribution is -2.34. The van der Waals surface area contributed by atoms with Gasteiger partial charge in [0, 0.05) is 16.3 Å². The third-order valence-corrected chi connectivity index (χ3v) is 4.74. The number of benzene rings is 2. The molecule has 0 saturated heterocycles. The highest BCUT2D eigenvalue weighted by Gasteiger charge is 2.22. The fraction of sp³-hybridized carbons (Fsp3) is 0.133. The minimum absolute atomic E-state index is 1.02. The van der Waals surface area contributed by atoms with Gasteiger partial charge in [-0.05, 0) is 30.0 Å². The van der Waals surface area contributed by atoms with E-state index in [4.69, 9.17) is 0 Å². The van der Waals surface area contributed by atoms with Crippen molar-refractivity contribution in [3.63, 3.8) is 0 Å². The molecule has 0 saturated carbocycles. The molecule has 2 heterocycles. The predicted octanol–water partition coefficient (Wildman–Crippen LogP) is 3.65. The standard InChI is InChI=1S/C15H12NS/c1-10-4-5-11-6-7-12-3-2-8-16-9-17-15(10)13(11)14(12)16/h2-8H,9H2,1H3/q+1. The number of thioether (sulfide) groups is 1. The van der Waals surface area contributed by atoms with E-state index in [1.165, 1.54) is 32.1 Å². The molecule has 0 aliphatic carbocycles. The van der Waals surface area contributed by atoms with Crippen molar-refractivity contribution in [3.8, 4) is 0 Å². The fourth-order valence-corrected chi connectivity index (χ4v) is 3.82. The Bertz CT molecular complexity index is 762. The number of hydrogen-bond donors (Lipinski definition) is 0. The zero-order chi connectivity index (χ0) is 11.4. The molecule has 0 amide bonds. The Morgan fingerprint density at radius 1 is 1.06 bits per heavy atom. The van der Waals surface area contributed by atoms with Crippen LogP contribution in [0.4, 0.5) is 0 Å². The number of nitrogens with zero attached hydrogens (tertiary/aromatic N) is 1. The Balaban J connectivity index is 2.39. The molecule has 0 bridgehead atoms. The van der Waals surface area contributed by atoms with Crippen LogP contribution in [0.1, 0.15) is 5.56 Å². The summed E-state index contributed by atoms with van der Waals surface area (Å²) in [4.78, 5) is 1.46. The lowest BCUT2D eigenvalue weighted by molar-refractivity contribution is -0.649. The number of hydrogen-bond acceptors (Lipinski definition) is 1. The number of rotatable bonds is 0. The van der Waals surface area contributed by atoms with Crippen LogP contribution < -0.4 is 4.57 Å². The van der Waals surface area contributed by atoms with E-state index in [0.717, 1.165) is 5.88 Å². The first-order valence-corrected chi connectivity index (χ1v) is 6.80.